The number of carbonyl (C=O) groups excluding carboxylic acids is 1. The van der Waals surface area contributed by atoms with Crippen molar-refractivity contribution in [2.45, 2.75) is 0 Å². The molecule has 25 heavy (non-hydrogen) atoms. The SMILES string of the molecule is COc1ccccc1NC(=O)CN(C)c1nc2c(OC)cccc2s1. The van der Waals surface area contributed by atoms with Gasteiger partial charge in [0.2, 0.25) is 5.91 Å². The van der Waals surface area contributed by atoms with E-state index < -0.39 is 0 Å². The molecule has 3 rings (SSSR count). The van der Waals surface area contributed by atoms with Crippen molar-refractivity contribution in [3.05, 3.63) is 42.5 Å². The van der Waals surface area contributed by atoms with Gasteiger partial charge in [0.05, 0.1) is 31.2 Å². The standard InChI is InChI=1S/C18H19N3O3S/c1-21(11-16(22)19-12-7-4-5-8-13(12)23-2)18-20-17-14(24-3)9-6-10-15(17)25-18/h4-10H,11H2,1-3H3,(H,19,22). The number of hydrogen-bond acceptors (Lipinski definition) is 6. The summed E-state index contributed by atoms with van der Waals surface area (Å²) in [5.41, 5.74) is 1.45. The Balaban J connectivity index is 1.73. The van der Waals surface area contributed by atoms with Crippen molar-refractivity contribution in [1.82, 2.24) is 4.98 Å². The molecule has 1 N–H and O–H groups in total. The van der Waals surface area contributed by atoms with Crippen LogP contribution in [0.4, 0.5) is 10.8 Å². The number of nitrogens with one attached hydrogen (secondary N) is 1. The summed E-state index contributed by atoms with van der Waals surface area (Å²) < 4.78 is 11.6. The summed E-state index contributed by atoms with van der Waals surface area (Å²) in [6.45, 7) is 0.181. The first-order valence-corrected chi connectivity index (χ1v) is 8.51. The Kier molecular flexibility index (Phi) is 5.04. The van der Waals surface area contributed by atoms with E-state index in [1.165, 1.54) is 11.3 Å². The molecule has 0 aliphatic carbocycles. The third-order valence-corrected chi connectivity index (χ3v) is 4.81. The van der Waals surface area contributed by atoms with Crippen LogP contribution in [0.2, 0.25) is 0 Å². The van der Waals surface area contributed by atoms with Crippen molar-refractivity contribution in [3.63, 3.8) is 0 Å². The lowest BCUT2D eigenvalue weighted by atomic mass is 10.3. The summed E-state index contributed by atoms with van der Waals surface area (Å²) in [7, 11) is 5.04. The molecule has 1 heterocycles. The summed E-state index contributed by atoms with van der Waals surface area (Å²) in [5, 5.41) is 3.62. The van der Waals surface area contributed by atoms with Crippen LogP contribution < -0.4 is 19.7 Å². The average Bonchev–Trinajstić information content (AvgIpc) is 3.06. The zero-order valence-electron chi connectivity index (χ0n) is 14.3. The summed E-state index contributed by atoms with van der Waals surface area (Å²) >= 11 is 1.52. The first-order chi connectivity index (χ1) is 12.1. The zero-order chi connectivity index (χ0) is 17.8. The Hall–Kier alpha value is -2.80. The molecule has 0 aliphatic rings. The molecule has 3 aromatic rings. The first-order valence-electron chi connectivity index (χ1n) is 7.70. The van der Waals surface area contributed by atoms with Crippen molar-refractivity contribution in [2.24, 2.45) is 0 Å². The molecule has 0 fully saturated rings. The highest BCUT2D eigenvalue weighted by Crippen LogP contribution is 2.33. The molecule has 0 aliphatic heterocycles. The topological polar surface area (TPSA) is 63.7 Å². The van der Waals surface area contributed by atoms with Gasteiger partial charge < -0.3 is 19.7 Å². The highest BCUT2D eigenvalue weighted by Gasteiger charge is 2.15. The number of fused-ring (bicyclic) bond motifs is 1. The van der Waals surface area contributed by atoms with E-state index in [4.69, 9.17) is 9.47 Å². The minimum absolute atomic E-state index is 0.141. The molecule has 0 bridgehead atoms. The predicted molar refractivity (Wildman–Crippen MR) is 101 cm³/mol. The monoisotopic (exact) mass is 357 g/mol. The van der Waals surface area contributed by atoms with Crippen molar-refractivity contribution in [1.29, 1.82) is 0 Å². The van der Waals surface area contributed by atoms with E-state index in [0.29, 0.717) is 11.4 Å². The Bertz CT molecular complexity index is 894. The molecule has 0 saturated heterocycles. The molecule has 2 aromatic carbocycles. The van der Waals surface area contributed by atoms with Crippen molar-refractivity contribution in [3.8, 4) is 11.5 Å². The number of nitrogens with zero attached hydrogens (tertiary/aromatic N) is 2. The van der Waals surface area contributed by atoms with Gasteiger partial charge in [-0.05, 0) is 24.3 Å². The van der Waals surface area contributed by atoms with Crippen LogP contribution in [0.3, 0.4) is 0 Å². The summed E-state index contributed by atoms with van der Waals surface area (Å²) in [6, 6.07) is 13.1. The normalized spacial score (nSPS) is 10.5. The van der Waals surface area contributed by atoms with Gasteiger partial charge >= 0.3 is 0 Å². The van der Waals surface area contributed by atoms with Crippen LogP contribution in [0.15, 0.2) is 42.5 Å². The fourth-order valence-electron chi connectivity index (χ4n) is 2.46. The zero-order valence-corrected chi connectivity index (χ0v) is 15.1. The molecule has 0 radical (unpaired) electrons. The Morgan fingerprint density at radius 3 is 2.60 bits per heavy atom. The number of methoxy groups -OCH3 is 2. The summed E-state index contributed by atoms with van der Waals surface area (Å²) in [5.74, 6) is 1.22. The molecule has 0 saturated carbocycles. The number of aromatic nitrogens is 1. The van der Waals surface area contributed by atoms with Gasteiger partial charge in [0.25, 0.3) is 0 Å². The fraction of sp³-hybridized carbons (Fsp3) is 0.222. The Labute approximate surface area is 150 Å². The maximum Gasteiger partial charge on any atom is 0.244 e. The Morgan fingerprint density at radius 1 is 1.12 bits per heavy atom. The minimum atomic E-state index is -0.141. The van der Waals surface area contributed by atoms with Crippen LogP contribution in [-0.2, 0) is 4.79 Å². The number of rotatable bonds is 6. The quantitative estimate of drug-likeness (QED) is 0.733. The smallest absolute Gasteiger partial charge is 0.244 e. The van der Waals surface area contributed by atoms with E-state index in [-0.39, 0.29) is 12.5 Å². The predicted octanol–water partition coefficient (Wildman–Crippen LogP) is 3.39. The third-order valence-electron chi connectivity index (χ3n) is 3.68. The van der Waals surface area contributed by atoms with Gasteiger partial charge in [-0.2, -0.15) is 0 Å². The van der Waals surface area contributed by atoms with E-state index in [9.17, 15) is 4.79 Å². The second-order valence-electron chi connectivity index (χ2n) is 5.41. The molecule has 0 unspecified atom stereocenters. The second-order valence-corrected chi connectivity index (χ2v) is 6.42. The van der Waals surface area contributed by atoms with Gasteiger partial charge in [-0.25, -0.2) is 4.98 Å². The van der Waals surface area contributed by atoms with Gasteiger partial charge in [0, 0.05) is 7.05 Å². The number of likely N-dealkylation sites (N-methyl/N-ethyl adjacent to an activating group) is 1. The lowest BCUT2D eigenvalue weighted by Crippen LogP contribution is -2.30. The number of amides is 1. The first kappa shape index (κ1) is 17.0. The van der Waals surface area contributed by atoms with Crippen LogP contribution in [0.1, 0.15) is 0 Å². The van der Waals surface area contributed by atoms with Gasteiger partial charge in [0.1, 0.15) is 17.0 Å². The number of anilines is 2. The molecule has 7 heteroatoms. The van der Waals surface area contributed by atoms with Gasteiger partial charge in [-0.1, -0.05) is 29.5 Å². The molecular formula is C18H19N3O3S. The molecule has 6 nitrogen and oxygen atoms in total. The van der Waals surface area contributed by atoms with Gasteiger partial charge in [-0.15, -0.1) is 0 Å². The van der Waals surface area contributed by atoms with Crippen molar-refractivity contribution in [2.75, 3.05) is 38.0 Å². The maximum absolute atomic E-state index is 12.3. The minimum Gasteiger partial charge on any atom is -0.495 e. The highest BCUT2D eigenvalue weighted by atomic mass is 32.1. The van der Waals surface area contributed by atoms with Crippen LogP contribution in [0.5, 0.6) is 11.5 Å². The van der Waals surface area contributed by atoms with E-state index in [2.05, 4.69) is 10.3 Å². The molecule has 1 aromatic heterocycles. The van der Waals surface area contributed by atoms with Crippen LogP contribution in [-0.4, -0.2) is 38.7 Å². The lowest BCUT2D eigenvalue weighted by molar-refractivity contribution is -0.114. The number of ether oxygens (including phenoxy) is 2. The number of thiazole rings is 1. The largest absolute Gasteiger partial charge is 0.495 e. The fourth-order valence-corrected chi connectivity index (χ4v) is 3.40. The molecule has 1 amide bonds. The van der Waals surface area contributed by atoms with Crippen LogP contribution in [0, 0.1) is 0 Å². The number of hydrogen-bond donors (Lipinski definition) is 1. The summed E-state index contributed by atoms with van der Waals surface area (Å²) in [6.07, 6.45) is 0. The van der Waals surface area contributed by atoms with E-state index in [1.807, 2.05) is 42.3 Å². The Morgan fingerprint density at radius 2 is 1.84 bits per heavy atom. The van der Waals surface area contributed by atoms with Gasteiger partial charge in [-0.3, -0.25) is 4.79 Å². The number of para-hydroxylation sites is 3. The van der Waals surface area contributed by atoms with Crippen molar-refractivity contribution >= 4 is 38.3 Å². The third kappa shape index (κ3) is 3.66. The number of carbonyl (C=O) groups is 1. The lowest BCUT2D eigenvalue weighted by Gasteiger charge is -2.16. The molecular weight excluding hydrogens is 338 g/mol. The summed E-state index contributed by atoms with van der Waals surface area (Å²) in [4.78, 5) is 18.8. The highest BCUT2D eigenvalue weighted by molar-refractivity contribution is 7.22. The second kappa shape index (κ2) is 7.40. The molecule has 0 spiro atoms. The van der Waals surface area contributed by atoms with Crippen LogP contribution >= 0.6 is 11.3 Å². The van der Waals surface area contributed by atoms with Crippen LogP contribution in [0.25, 0.3) is 10.2 Å². The van der Waals surface area contributed by atoms with E-state index >= 15 is 0 Å². The average molecular weight is 357 g/mol. The number of benzene rings is 2. The van der Waals surface area contributed by atoms with Gasteiger partial charge in [0.15, 0.2) is 5.13 Å². The molecule has 130 valence electrons. The maximum atomic E-state index is 12.3. The van der Waals surface area contributed by atoms with Crippen molar-refractivity contribution < 1.29 is 14.3 Å². The van der Waals surface area contributed by atoms with E-state index in [0.717, 1.165) is 21.1 Å². The molecule has 0 atom stereocenters. The van der Waals surface area contributed by atoms with E-state index in [1.54, 1.807) is 26.4 Å².